The average molecular weight is 431 g/mol. The molecule has 4 rings (SSSR count). The zero-order valence-electron chi connectivity index (χ0n) is 18.2. The van der Waals surface area contributed by atoms with E-state index in [0.717, 1.165) is 5.56 Å². The summed E-state index contributed by atoms with van der Waals surface area (Å²) in [6.07, 6.45) is 0. The van der Waals surface area contributed by atoms with Crippen molar-refractivity contribution in [3.05, 3.63) is 89.5 Å². The summed E-state index contributed by atoms with van der Waals surface area (Å²) < 4.78 is 10.7. The Hall–Kier alpha value is -3.64. The first-order valence-corrected chi connectivity index (χ1v) is 10.4. The van der Waals surface area contributed by atoms with Gasteiger partial charge in [-0.2, -0.15) is 0 Å². The molecule has 32 heavy (non-hydrogen) atoms. The number of para-hydroxylation sites is 1. The Morgan fingerprint density at radius 1 is 0.969 bits per heavy atom. The lowest BCUT2D eigenvalue weighted by atomic mass is 9.79. The van der Waals surface area contributed by atoms with Gasteiger partial charge < -0.3 is 19.5 Å². The Morgan fingerprint density at radius 2 is 1.62 bits per heavy atom. The van der Waals surface area contributed by atoms with Crippen molar-refractivity contribution in [2.45, 2.75) is 19.1 Å². The van der Waals surface area contributed by atoms with Crippen LogP contribution < -0.4 is 14.4 Å². The maximum absolute atomic E-state index is 13.6. The Bertz CT molecular complexity index is 1160. The highest BCUT2D eigenvalue weighted by molar-refractivity contribution is 6.11. The van der Waals surface area contributed by atoms with Crippen molar-refractivity contribution in [3.8, 4) is 11.5 Å². The molecule has 1 N–H and O–H groups in total. The van der Waals surface area contributed by atoms with Crippen LogP contribution in [0.3, 0.4) is 0 Å². The maximum Gasteiger partial charge on any atom is 0.264 e. The molecule has 1 heterocycles. The first-order valence-electron chi connectivity index (χ1n) is 10.4. The van der Waals surface area contributed by atoms with Gasteiger partial charge in [-0.25, -0.2) is 0 Å². The van der Waals surface area contributed by atoms with E-state index in [4.69, 9.17) is 9.47 Å². The van der Waals surface area contributed by atoms with E-state index in [1.165, 1.54) is 4.90 Å². The fourth-order valence-electron chi connectivity index (χ4n) is 4.24. The number of amides is 1. The van der Waals surface area contributed by atoms with Crippen molar-refractivity contribution in [3.63, 3.8) is 0 Å². The van der Waals surface area contributed by atoms with Gasteiger partial charge in [-0.05, 0) is 23.8 Å². The first-order chi connectivity index (χ1) is 15.4. The molecule has 164 valence electrons. The van der Waals surface area contributed by atoms with Crippen LogP contribution in [0.25, 0.3) is 0 Å². The standard InChI is InChI=1S/C26H25NO5/c1-17(24(28)19-9-5-4-6-10-19)26(30)20-11-7-8-12-21(20)27(25(26)29)16-18-13-14-22(31-2)23(15-18)32-3/h4-15,17,30H,16H2,1-3H3/t17-,26+/m1/s1. The van der Waals surface area contributed by atoms with Crippen molar-refractivity contribution in [2.24, 2.45) is 5.92 Å². The molecule has 3 aromatic carbocycles. The highest BCUT2D eigenvalue weighted by Crippen LogP contribution is 2.46. The normalized spacial score (nSPS) is 18.2. The summed E-state index contributed by atoms with van der Waals surface area (Å²) in [5.74, 6) is -0.640. The molecule has 6 nitrogen and oxygen atoms in total. The van der Waals surface area contributed by atoms with Gasteiger partial charge in [0.1, 0.15) is 0 Å². The van der Waals surface area contributed by atoms with E-state index in [9.17, 15) is 14.7 Å². The number of carbonyl (C=O) groups excluding carboxylic acids is 2. The Balaban J connectivity index is 1.72. The van der Waals surface area contributed by atoms with Crippen molar-refractivity contribution < 1.29 is 24.2 Å². The number of benzene rings is 3. The zero-order chi connectivity index (χ0) is 22.9. The van der Waals surface area contributed by atoms with E-state index in [1.54, 1.807) is 75.7 Å². The molecule has 0 radical (unpaired) electrons. The predicted molar refractivity (Wildman–Crippen MR) is 121 cm³/mol. The van der Waals surface area contributed by atoms with Crippen molar-refractivity contribution in [2.75, 3.05) is 19.1 Å². The number of hydrogen-bond donors (Lipinski definition) is 1. The molecule has 3 aromatic rings. The van der Waals surface area contributed by atoms with E-state index < -0.39 is 17.4 Å². The lowest BCUT2D eigenvalue weighted by Gasteiger charge is -2.28. The molecule has 1 aliphatic rings. The number of rotatable bonds is 7. The van der Waals surface area contributed by atoms with Crippen LogP contribution in [0.15, 0.2) is 72.8 Å². The average Bonchev–Trinajstić information content (AvgIpc) is 3.06. The summed E-state index contributed by atoms with van der Waals surface area (Å²) in [5.41, 5.74) is 0.318. The molecule has 0 saturated heterocycles. The highest BCUT2D eigenvalue weighted by atomic mass is 16.5. The summed E-state index contributed by atoms with van der Waals surface area (Å²) in [7, 11) is 3.11. The molecule has 0 fully saturated rings. The number of carbonyl (C=O) groups is 2. The third-order valence-corrected chi connectivity index (χ3v) is 6.04. The van der Waals surface area contributed by atoms with Crippen LogP contribution >= 0.6 is 0 Å². The Kier molecular flexibility index (Phi) is 5.72. The van der Waals surface area contributed by atoms with Crippen LogP contribution in [0.4, 0.5) is 5.69 Å². The van der Waals surface area contributed by atoms with Crippen LogP contribution in [0, 0.1) is 5.92 Å². The fourth-order valence-corrected chi connectivity index (χ4v) is 4.24. The SMILES string of the molecule is COc1ccc(CN2C(=O)[C@](O)([C@H](C)C(=O)c3ccccc3)c3ccccc32)cc1OC. The minimum absolute atomic E-state index is 0.213. The number of hydrogen-bond acceptors (Lipinski definition) is 5. The van der Waals surface area contributed by atoms with Crippen LogP contribution in [0.5, 0.6) is 11.5 Å². The number of ether oxygens (including phenoxy) is 2. The summed E-state index contributed by atoms with van der Waals surface area (Å²) in [5, 5.41) is 11.7. The van der Waals surface area contributed by atoms with Crippen LogP contribution in [0.2, 0.25) is 0 Å². The fraction of sp³-hybridized carbons (Fsp3) is 0.231. The van der Waals surface area contributed by atoms with Gasteiger partial charge in [-0.1, -0.05) is 61.5 Å². The lowest BCUT2D eigenvalue weighted by Crippen LogP contribution is -2.47. The molecule has 0 unspecified atom stereocenters. The molecule has 2 atom stereocenters. The first kappa shape index (κ1) is 21.6. The summed E-state index contributed by atoms with van der Waals surface area (Å²) in [6, 6.07) is 21.2. The summed E-state index contributed by atoms with van der Waals surface area (Å²) in [6.45, 7) is 1.81. The predicted octanol–water partition coefficient (Wildman–Crippen LogP) is 3.96. The van der Waals surface area contributed by atoms with Crippen molar-refractivity contribution in [1.82, 2.24) is 0 Å². The number of ketones is 1. The van der Waals surface area contributed by atoms with Gasteiger partial charge in [-0.3, -0.25) is 9.59 Å². The third kappa shape index (κ3) is 3.42. The molecule has 6 heteroatoms. The summed E-state index contributed by atoms with van der Waals surface area (Å²) >= 11 is 0. The molecule has 0 spiro atoms. The summed E-state index contributed by atoms with van der Waals surface area (Å²) in [4.78, 5) is 28.3. The monoisotopic (exact) mass is 431 g/mol. The van der Waals surface area contributed by atoms with Crippen molar-refractivity contribution in [1.29, 1.82) is 0 Å². The second-order valence-corrected chi connectivity index (χ2v) is 7.82. The van der Waals surface area contributed by atoms with Gasteiger partial charge in [0.15, 0.2) is 22.9 Å². The van der Waals surface area contributed by atoms with E-state index >= 15 is 0 Å². The van der Waals surface area contributed by atoms with Crippen LogP contribution in [-0.2, 0) is 16.9 Å². The van der Waals surface area contributed by atoms with E-state index in [-0.39, 0.29) is 12.3 Å². The molecular weight excluding hydrogens is 406 g/mol. The molecule has 0 aromatic heterocycles. The second-order valence-electron chi connectivity index (χ2n) is 7.82. The molecule has 0 saturated carbocycles. The number of aliphatic hydroxyl groups is 1. The van der Waals surface area contributed by atoms with Crippen LogP contribution in [0.1, 0.15) is 28.4 Å². The number of methoxy groups -OCH3 is 2. The van der Waals surface area contributed by atoms with E-state index in [1.807, 2.05) is 18.2 Å². The van der Waals surface area contributed by atoms with E-state index in [2.05, 4.69) is 0 Å². The third-order valence-electron chi connectivity index (χ3n) is 6.04. The Labute approximate surface area is 187 Å². The Morgan fingerprint density at radius 3 is 2.31 bits per heavy atom. The van der Waals surface area contributed by atoms with Gasteiger partial charge in [0.2, 0.25) is 0 Å². The molecule has 1 amide bonds. The maximum atomic E-state index is 13.6. The topological polar surface area (TPSA) is 76.1 Å². The van der Waals surface area contributed by atoms with Gasteiger partial charge in [-0.15, -0.1) is 0 Å². The molecular formula is C26H25NO5. The minimum Gasteiger partial charge on any atom is -0.493 e. The number of Topliss-reactive ketones (excluding diaryl/α,β-unsaturated/α-hetero) is 1. The van der Waals surface area contributed by atoms with Gasteiger partial charge >= 0.3 is 0 Å². The smallest absolute Gasteiger partial charge is 0.264 e. The van der Waals surface area contributed by atoms with E-state index in [0.29, 0.717) is 28.3 Å². The van der Waals surface area contributed by atoms with Crippen LogP contribution in [-0.4, -0.2) is 31.0 Å². The second kappa shape index (κ2) is 8.48. The number of fused-ring (bicyclic) bond motifs is 1. The molecule has 0 bridgehead atoms. The zero-order valence-corrected chi connectivity index (χ0v) is 18.2. The highest BCUT2D eigenvalue weighted by Gasteiger charge is 2.55. The molecule has 0 aliphatic carbocycles. The van der Waals surface area contributed by atoms with Gasteiger partial charge in [0.25, 0.3) is 5.91 Å². The van der Waals surface area contributed by atoms with Gasteiger partial charge in [0, 0.05) is 11.1 Å². The quantitative estimate of drug-likeness (QED) is 0.573. The van der Waals surface area contributed by atoms with Crippen molar-refractivity contribution >= 4 is 17.4 Å². The van der Waals surface area contributed by atoms with Gasteiger partial charge in [0.05, 0.1) is 32.4 Å². The number of anilines is 1. The molecule has 1 aliphatic heterocycles. The number of nitrogens with zero attached hydrogens (tertiary/aromatic N) is 1. The lowest BCUT2D eigenvalue weighted by molar-refractivity contribution is -0.139. The largest absolute Gasteiger partial charge is 0.493 e. The minimum atomic E-state index is -1.96.